The number of aryl methyl sites for hydroxylation is 1. The smallest absolute Gasteiger partial charge is 0.222 e. The van der Waals surface area contributed by atoms with Crippen LogP contribution < -0.4 is 0 Å². The van der Waals surface area contributed by atoms with E-state index in [2.05, 4.69) is 40.1 Å². The molecule has 1 saturated heterocycles. The predicted molar refractivity (Wildman–Crippen MR) is 109 cm³/mol. The van der Waals surface area contributed by atoms with Gasteiger partial charge >= 0.3 is 0 Å². The van der Waals surface area contributed by atoms with Crippen LogP contribution in [0.25, 0.3) is 22.3 Å². The molecule has 4 rings (SSSR count). The zero-order valence-corrected chi connectivity index (χ0v) is 15.8. The van der Waals surface area contributed by atoms with Crippen molar-refractivity contribution in [2.45, 2.75) is 19.3 Å². The van der Waals surface area contributed by atoms with Crippen LogP contribution in [0.5, 0.6) is 0 Å². The Labute approximate surface area is 160 Å². The van der Waals surface area contributed by atoms with Crippen molar-refractivity contribution in [2.24, 2.45) is 0 Å². The van der Waals surface area contributed by atoms with Crippen molar-refractivity contribution in [1.82, 2.24) is 19.8 Å². The van der Waals surface area contributed by atoms with Gasteiger partial charge in [-0.05, 0) is 43.7 Å². The van der Waals surface area contributed by atoms with Crippen LogP contribution in [0.15, 0.2) is 48.7 Å². The highest BCUT2D eigenvalue weighted by Gasteiger charge is 2.19. The molecule has 0 radical (unpaired) electrons. The van der Waals surface area contributed by atoms with E-state index < -0.39 is 0 Å². The molecule has 1 fully saturated rings. The minimum atomic E-state index is 0.280. The van der Waals surface area contributed by atoms with Crippen LogP contribution in [-0.2, 0) is 11.2 Å². The SMILES string of the molecule is CN1CCN(C(=O)CCCc2c(-c3ccccn3)[nH]c3ccccc23)CC1. The topological polar surface area (TPSA) is 52.2 Å². The highest BCUT2D eigenvalue weighted by molar-refractivity contribution is 5.90. The maximum atomic E-state index is 12.5. The Morgan fingerprint density at radius 3 is 2.63 bits per heavy atom. The monoisotopic (exact) mass is 362 g/mol. The van der Waals surface area contributed by atoms with Gasteiger partial charge in [0.1, 0.15) is 0 Å². The third-order valence-electron chi connectivity index (χ3n) is 5.41. The summed E-state index contributed by atoms with van der Waals surface area (Å²) in [6, 6.07) is 14.3. The Hall–Kier alpha value is -2.66. The number of aromatic amines is 1. The number of nitrogens with zero attached hydrogens (tertiary/aromatic N) is 3. The van der Waals surface area contributed by atoms with Crippen LogP contribution >= 0.6 is 0 Å². The molecule has 1 aliphatic rings. The minimum absolute atomic E-state index is 0.280. The van der Waals surface area contributed by atoms with E-state index in [1.54, 1.807) is 0 Å². The third-order valence-corrected chi connectivity index (χ3v) is 5.41. The van der Waals surface area contributed by atoms with Crippen molar-refractivity contribution in [3.63, 3.8) is 0 Å². The Morgan fingerprint density at radius 1 is 1.07 bits per heavy atom. The number of aromatic nitrogens is 2. The number of fused-ring (bicyclic) bond motifs is 1. The van der Waals surface area contributed by atoms with Gasteiger partial charge in [0, 0.05) is 49.7 Å². The van der Waals surface area contributed by atoms with E-state index in [0.29, 0.717) is 6.42 Å². The summed E-state index contributed by atoms with van der Waals surface area (Å²) in [5, 5.41) is 1.23. The van der Waals surface area contributed by atoms with E-state index in [1.165, 1.54) is 10.9 Å². The molecule has 0 unspecified atom stereocenters. The Bertz CT molecular complexity index is 910. The zero-order valence-electron chi connectivity index (χ0n) is 15.8. The largest absolute Gasteiger partial charge is 0.353 e. The number of hydrogen-bond donors (Lipinski definition) is 1. The van der Waals surface area contributed by atoms with Crippen LogP contribution in [0.4, 0.5) is 0 Å². The normalized spacial score (nSPS) is 15.4. The molecule has 3 heterocycles. The first-order valence-electron chi connectivity index (χ1n) is 9.69. The Kier molecular flexibility index (Phi) is 5.21. The van der Waals surface area contributed by atoms with Crippen molar-refractivity contribution in [1.29, 1.82) is 0 Å². The number of amides is 1. The van der Waals surface area contributed by atoms with Crippen LogP contribution in [-0.4, -0.2) is 58.9 Å². The number of benzene rings is 1. The summed E-state index contributed by atoms with van der Waals surface area (Å²) in [5.74, 6) is 0.280. The first kappa shape index (κ1) is 17.7. The van der Waals surface area contributed by atoms with Gasteiger partial charge in [0.25, 0.3) is 0 Å². The summed E-state index contributed by atoms with van der Waals surface area (Å²) in [7, 11) is 2.11. The molecule has 0 saturated carbocycles. The molecule has 0 spiro atoms. The number of likely N-dealkylation sites (N-methyl/N-ethyl adjacent to an activating group) is 1. The van der Waals surface area contributed by atoms with E-state index >= 15 is 0 Å². The molecule has 2 aromatic heterocycles. The lowest BCUT2D eigenvalue weighted by Crippen LogP contribution is -2.47. The molecular weight excluding hydrogens is 336 g/mol. The van der Waals surface area contributed by atoms with Gasteiger partial charge in [-0.2, -0.15) is 0 Å². The number of para-hydroxylation sites is 1. The Balaban J connectivity index is 1.49. The molecule has 1 amide bonds. The lowest BCUT2D eigenvalue weighted by atomic mass is 10.0. The van der Waals surface area contributed by atoms with Gasteiger partial charge in [-0.1, -0.05) is 24.3 Å². The summed E-state index contributed by atoms with van der Waals surface area (Å²) >= 11 is 0. The van der Waals surface area contributed by atoms with E-state index in [4.69, 9.17) is 0 Å². The van der Waals surface area contributed by atoms with Gasteiger partial charge in [0.05, 0.1) is 11.4 Å². The molecule has 1 aliphatic heterocycles. The standard InChI is InChI=1S/C22H26N4O/c1-25-13-15-26(16-14-25)21(27)11-6-8-18-17-7-2-3-9-19(17)24-22(18)20-10-4-5-12-23-20/h2-5,7,9-10,12,24H,6,8,11,13-16H2,1H3. The van der Waals surface area contributed by atoms with Gasteiger partial charge < -0.3 is 14.8 Å². The third kappa shape index (κ3) is 3.88. The van der Waals surface area contributed by atoms with Crippen LogP contribution in [0.2, 0.25) is 0 Å². The van der Waals surface area contributed by atoms with Gasteiger partial charge in [-0.25, -0.2) is 0 Å². The van der Waals surface area contributed by atoms with E-state index in [-0.39, 0.29) is 5.91 Å². The molecular formula is C22H26N4O. The number of pyridine rings is 1. The van der Waals surface area contributed by atoms with E-state index in [1.807, 2.05) is 35.4 Å². The number of piperazine rings is 1. The van der Waals surface area contributed by atoms with Crippen LogP contribution in [0.3, 0.4) is 0 Å². The summed E-state index contributed by atoms with van der Waals surface area (Å²) in [4.78, 5) is 24.9. The van der Waals surface area contributed by atoms with Crippen molar-refractivity contribution in [2.75, 3.05) is 33.2 Å². The van der Waals surface area contributed by atoms with Crippen molar-refractivity contribution < 1.29 is 4.79 Å². The van der Waals surface area contributed by atoms with Gasteiger partial charge in [0.2, 0.25) is 5.91 Å². The van der Waals surface area contributed by atoms with Crippen molar-refractivity contribution >= 4 is 16.8 Å². The van der Waals surface area contributed by atoms with Gasteiger partial charge in [0.15, 0.2) is 0 Å². The first-order chi connectivity index (χ1) is 13.2. The minimum Gasteiger partial charge on any atom is -0.353 e. The fourth-order valence-corrected chi connectivity index (χ4v) is 3.82. The highest BCUT2D eigenvalue weighted by atomic mass is 16.2. The molecule has 0 bridgehead atoms. The van der Waals surface area contributed by atoms with Crippen molar-refractivity contribution in [3.8, 4) is 11.4 Å². The molecule has 27 heavy (non-hydrogen) atoms. The van der Waals surface area contributed by atoms with Crippen molar-refractivity contribution in [3.05, 3.63) is 54.2 Å². The molecule has 1 N–H and O–H groups in total. The maximum Gasteiger partial charge on any atom is 0.222 e. The average Bonchev–Trinajstić information content (AvgIpc) is 3.08. The second kappa shape index (κ2) is 7.92. The highest BCUT2D eigenvalue weighted by Crippen LogP contribution is 2.30. The maximum absolute atomic E-state index is 12.5. The average molecular weight is 362 g/mol. The second-order valence-corrected chi connectivity index (χ2v) is 7.28. The lowest BCUT2D eigenvalue weighted by molar-refractivity contribution is -0.132. The number of hydrogen-bond acceptors (Lipinski definition) is 3. The van der Waals surface area contributed by atoms with Crippen LogP contribution in [0.1, 0.15) is 18.4 Å². The van der Waals surface area contributed by atoms with Crippen LogP contribution in [0, 0.1) is 0 Å². The second-order valence-electron chi connectivity index (χ2n) is 7.28. The summed E-state index contributed by atoms with van der Waals surface area (Å²) in [6.07, 6.45) is 4.15. The fourth-order valence-electron chi connectivity index (χ4n) is 3.82. The van der Waals surface area contributed by atoms with E-state index in [9.17, 15) is 4.79 Å². The number of nitrogens with one attached hydrogen (secondary N) is 1. The number of carbonyl (C=O) groups excluding carboxylic acids is 1. The molecule has 5 nitrogen and oxygen atoms in total. The first-order valence-corrected chi connectivity index (χ1v) is 9.69. The predicted octanol–water partition coefficient (Wildman–Crippen LogP) is 3.33. The number of carbonyl (C=O) groups is 1. The molecule has 0 aliphatic carbocycles. The molecule has 3 aromatic rings. The lowest BCUT2D eigenvalue weighted by Gasteiger charge is -2.32. The molecule has 5 heteroatoms. The molecule has 1 aromatic carbocycles. The summed E-state index contributed by atoms with van der Waals surface area (Å²) in [5.41, 5.74) is 4.41. The zero-order chi connectivity index (χ0) is 18.6. The number of rotatable bonds is 5. The fraction of sp³-hybridized carbons (Fsp3) is 0.364. The van der Waals surface area contributed by atoms with Gasteiger partial charge in [-0.3, -0.25) is 9.78 Å². The Morgan fingerprint density at radius 2 is 1.85 bits per heavy atom. The van der Waals surface area contributed by atoms with Gasteiger partial charge in [-0.15, -0.1) is 0 Å². The summed E-state index contributed by atoms with van der Waals surface area (Å²) < 4.78 is 0. The quantitative estimate of drug-likeness (QED) is 0.757. The summed E-state index contributed by atoms with van der Waals surface area (Å²) in [6.45, 7) is 3.64. The molecule has 0 atom stereocenters. The van der Waals surface area contributed by atoms with E-state index in [0.717, 1.165) is 55.9 Å². The number of H-pyrrole nitrogens is 1. The molecule has 140 valence electrons.